The molecule has 0 N–H and O–H groups in total. The minimum Gasteiger partial charge on any atom is -0.309 e. The number of carbonyl (C=O) groups excluding carboxylic acids is 1. The maximum atomic E-state index is 12.9. The lowest BCUT2D eigenvalue weighted by Gasteiger charge is -2.29. The van der Waals surface area contributed by atoms with Crippen molar-refractivity contribution in [3.8, 4) is 11.3 Å². The van der Waals surface area contributed by atoms with Crippen molar-refractivity contribution in [1.29, 1.82) is 0 Å². The van der Waals surface area contributed by atoms with Gasteiger partial charge in [-0.15, -0.1) is 0 Å². The van der Waals surface area contributed by atoms with Crippen LogP contribution >= 0.6 is 0 Å². The third-order valence-electron chi connectivity index (χ3n) is 5.07. The lowest BCUT2D eigenvalue weighted by Crippen LogP contribution is -2.42. The fourth-order valence-corrected chi connectivity index (χ4v) is 3.68. The van der Waals surface area contributed by atoms with Crippen LogP contribution < -0.4 is 4.90 Å². The van der Waals surface area contributed by atoms with Gasteiger partial charge >= 0.3 is 0 Å². The van der Waals surface area contributed by atoms with E-state index in [1.807, 2.05) is 36.3 Å². The summed E-state index contributed by atoms with van der Waals surface area (Å²) in [5, 5.41) is 0. The van der Waals surface area contributed by atoms with Gasteiger partial charge in [0, 0.05) is 35.1 Å². The van der Waals surface area contributed by atoms with E-state index in [4.69, 9.17) is 4.98 Å². The molecule has 4 rings (SSSR count). The number of amides is 1. The van der Waals surface area contributed by atoms with Crippen LogP contribution in [0.25, 0.3) is 16.9 Å². The van der Waals surface area contributed by atoms with Gasteiger partial charge in [0.05, 0.1) is 5.69 Å². The van der Waals surface area contributed by atoms with Gasteiger partial charge in [0.2, 0.25) is 5.91 Å². The number of imidazole rings is 1. The maximum Gasteiger partial charge on any atom is 0.232 e. The van der Waals surface area contributed by atoms with Crippen LogP contribution in [0.1, 0.15) is 38.8 Å². The molecular formula is C22H25N3O. The summed E-state index contributed by atoms with van der Waals surface area (Å²) in [6.45, 7) is 10.1. The molecule has 2 aromatic heterocycles. The predicted molar refractivity (Wildman–Crippen MR) is 105 cm³/mol. The Morgan fingerprint density at radius 2 is 1.96 bits per heavy atom. The average Bonchev–Trinajstić information content (AvgIpc) is 3.12. The first-order valence-electron chi connectivity index (χ1n) is 9.16. The molecule has 1 amide bonds. The summed E-state index contributed by atoms with van der Waals surface area (Å²) in [4.78, 5) is 19.6. The molecule has 0 aliphatic carbocycles. The normalized spacial score (nSPS) is 17.0. The second-order valence-electron chi connectivity index (χ2n) is 8.42. The van der Waals surface area contributed by atoms with Crippen molar-refractivity contribution < 1.29 is 4.79 Å². The van der Waals surface area contributed by atoms with Crippen LogP contribution in [0, 0.1) is 12.3 Å². The monoisotopic (exact) mass is 347 g/mol. The van der Waals surface area contributed by atoms with Crippen LogP contribution in [0.4, 0.5) is 5.69 Å². The number of carbonyl (C=O) groups is 1. The molecule has 1 atom stereocenters. The Hall–Kier alpha value is -2.62. The Kier molecular flexibility index (Phi) is 3.69. The number of aryl methyl sites for hydroxylation is 1. The highest BCUT2D eigenvalue weighted by atomic mass is 16.2. The van der Waals surface area contributed by atoms with Crippen molar-refractivity contribution in [3.63, 3.8) is 0 Å². The Labute approximate surface area is 154 Å². The van der Waals surface area contributed by atoms with E-state index in [9.17, 15) is 4.79 Å². The van der Waals surface area contributed by atoms with Crippen LogP contribution in [0.15, 0.2) is 42.7 Å². The Bertz CT molecular complexity index is 1010. The van der Waals surface area contributed by atoms with Crippen LogP contribution in [-0.2, 0) is 11.2 Å². The van der Waals surface area contributed by atoms with Gasteiger partial charge in [-0.05, 0) is 55.7 Å². The molecule has 26 heavy (non-hydrogen) atoms. The van der Waals surface area contributed by atoms with Crippen molar-refractivity contribution in [2.45, 2.75) is 47.1 Å². The van der Waals surface area contributed by atoms with Crippen LogP contribution in [0.5, 0.6) is 0 Å². The Balaban J connectivity index is 1.74. The molecule has 0 radical (unpaired) electrons. The number of aromatic nitrogens is 2. The number of nitrogens with zero attached hydrogens (tertiary/aromatic N) is 3. The van der Waals surface area contributed by atoms with Crippen LogP contribution in [0.3, 0.4) is 0 Å². The number of anilines is 1. The Morgan fingerprint density at radius 3 is 2.69 bits per heavy atom. The SMILES string of the molecule is Cc1ccn2cc(-c3ccc4c(c3)C[C@H](C)N4C(=O)C(C)(C)C)nc2c1. The molecule has 134 valence electrons. The van der Waals surface area contributed by atoms with Gasteiger partial charge in [-0.1, -0.05) is 26.8 Å². The zero-order valence-corrected chi connectivity index (χ0v) is 16.1. The predicted octanol–water partition coefficient (Wildman–Crippen LogP) is 4.63. The van der Waals surface area contributed by atoms with E-state index >= 15 is 0 Å². The van der Waals surface area contributed by atoms with Gasteiger partial charge in [0.15, 0.2) is 0 Å². The van der Waals surface area contributed by atoms with Gasteiger partial charge in [-0.25, -0.2) is 4.98 Å². The quantitative estimate of drug-likeness (QED) is 0.643. The van der Waals surface area contributed by atoms with Gasteiger partial charge in [0.1, 0.15) is 5.65 Å². The van der Waals surface area contributed by atoms with Crippen molar-refractivity contribution in [1.82, 2.24) is 9.38 Å². The minimum absolute atomic E-state index is 0.180. The smallest absolute Gasteiger partial charge is 0.232 e. The lowest BCUT2D eigenvalue weighted by molar-refractivity contribution is -0.126. The zero-order chi connectivity index (χ0) is 18.6. The maximum absolute atomic E-state index is 12.9. The summed E-state index contributed by atoms with van der Waals surface area (Å²) in [6.07, 6.45) is 4.99. The highest BCUT2D eigenvalue weighted by Gasteiger charge is 2.36. The lowest BCUT2D eigenvalue weighted by atomic mass is 9.94. The van der Waals surface area contributed by atoms with Gasteiger partial charge < -0.3 is 9.30 Å². The second kappa shape index (κ2) is 5.70. The zero-order valence-electron chi connectivity index (χ0n) is 16.1. The van der Waals surface area contributed by atoms with E-state index < -0.39 is 0 Å². The van der Waals surface area contributed by atoms with Crippen molar-refractivity contribution in [2.24, 2.45) is 5.41 Å². The molecule has 3 heterocycles. The van der Waals surface area contributed by atoms with Crippen LogP contribution in [0.2, 0.25) is 0 Å². The molecular weight excluding hydrogens is 322 g/mol. The van der Waals surface area contributed by atoms with Crippen molar-refractivity contribution >= 4 is 17.2 Å². The van der Waals surface area contributed by atoms with Crippen LogP contribution in [-0.4, -0.2) is 21.3 Å². The molecule has 0 saturated carbocycles. The number of rotatable bonds is 1. The molecule has 4 heteroatoms. The van der Waals surface area contributed by atoms with E-state index in [2.05, 4.69) is 50.4 Å². The average molecular weight is 347 g/mol. The Morgan fingerprint density at radius 1 is 1.19 bits per heavy atom. The summed E-state index contributed by atoms with van der Waals surface area (Å²) >= 11 is 0. The standard InChI is InChI=1S/C22H25N3O/c1-14-8-9-24-13-18(23-20(24)10-14)16-6-7-19-17(12-16)11-15(2)25(19)21(26)22(3,4)5/h6-10,12-13,15H,11H2,1-5H3/t15-/m0/s1. The van der Waals surface area contributed by atoms with Gasteiger partial charge in [-0.2, -0.15) is 0 Å². The van der Waals surface area contributed by atoms with E-state index in [0.717, 1.165) is 29.0 Å². The summed E-state index contributed by atoms with van der Waals surface area (Å²) in [5.74, 6) is 0.180. The number of benzene rings is 1. The first-order valence-corrected chi connectivity index (χ1v) is 9.16. The summed E-state index contributed by atoms with van der Waals surface area (Å²) in [6, 6.07) is 10.7. The number of hydrogen-bond donors (Lipinski definition) is 0. The second-order valence-corrected chi connectivity index (χ2v) is 8.42. The van der Waals surface area contributed by atoms with E-state index in [-0.39, 0.29) is 17.4 Å². The van der Waals surface area contributed by atoms with Crippen molar-refractivity contribution in [2.75, 3.05) is 4.90 Å². The molecule has 4 nitrogen and oxygen atoms in total. The fourth-order valence-electron chi connectivity index (χ4n) is 3.68. The highest BCUT2D eigenvalue weighted by molar-refractivity contribution is 5.99. The molecule has 0 fully saturated rings. The van der Waals surface area contributed by atoms with Crippen molar-refractivity contribution in [3.05, 3.63) is 53.9 Å². The molecule has 1 aliphatic heterocycles. The van der Waals surface area contributed by atoms with Gasteiger partial charge in [0.25, 0.3) is 0 Å². The molecule has 0 bridgehead atoms. The molecule has 1 aromatic carbocycles. The fraction of sp³-hybridized carbons (Fsp3) is 0.364. The summed E-state index contributed by atoms with van der Waals surface area (Å²) in [5.41, 5.74) is 6.11. The molecule has 1 aliphatic rings. The molecule has 0 unspecified atom stereocenters. The number of hydrogen-bond acceptors (Lipinski definition) is 2. The molecule has 0 saturated heterocycles. The topological polar surface area (TPSA) is 37.6 Å². The van der Waals surface area contributed by atoms with E-state index in [1.165, 1.54) is 11.1 Å². The third-order valence-corrected chi connectivity index (χ3v) is 5.07. The molecule has 3 aromatic rings. The molecule has 0 spiro atoms. The first kappa shape index (κ1) is 16.8. The number of pyridine rings is 1. The third kappa shape index (κ3) is 2.70. The first-order chi connectivity index (χ1) is 12.2. The van der Waals surface area contributed by atoms with Gasteiger partial charge in [-0.3, -0.25) is 4.79 Å². The van der Waals surface area contributed by atoms with E-state index in [0.29, 0.717) is 0 Å². The minimum atomic E-state index is -0.381. The van der Waals surface area contributed by atoms with E-state index in [1.54, 1.807) is 0 Å². The summed E-state index contributed by atoms with van der Waals surface area (Å²) < 4.78 is 2.05. The largest absolute Gasteiger partial charge is 0.309 e. The highest BCUT2D eigenvalue weighted by Crippen LogP contribution is 2.37. The summed E-state index contributed by atoms with van der Waals surface area (Å²) in [7, 11) is 0. The number of fused-ring (bicyclic) bond motifs is 2.